The Balaban J connectivity index is 1.53. The van der Waals surface area contributed by atoms with Crippen molar-refractivity contribution in [2.45, 2.75) is 32.6 Å². The lowest BCUT2D eigenvalue weighted by Gasteiger charge is -2.31. The van der Waals surface area contributed by atoms with Crippen molar-refractivity contribution >= 4 is 10.9 Å². The Labute approximate surface area is 232 Å². The summed E-state index contributed by atoms with van der Waals surface area (Å²) in [6.07, 6.45) is 3.62. The number of hydrogen-bond donors (Lipinski definition) is 1. The highest BCUT2D eigenvalue weighted by molar-refractivity contribution is 5.79. The number of nitrogens with zero attached hydrogens (tertiary/aromatic N) is 6. The Morgan fingerprint density at radius 1 is 0.850 bits per heavy atom. The van der Waals surface area contributed by atoms with Crippen LogP contribution >= 0.6 is 0 Å². The molecule has 0 unspecified atom stereocenters. The van der Waals surface area contributed by atoms with Gasteiger partial charge in [-0.15, -0.1) is 5.10 Å². The fourth-order valence-corrected chi connectivity index (χ4v) is 5.10. The Morgan fingerprint density at radius 3 is 2.33 bits per heavy atom. The van der Waals surface area contributed by atoms with Crippen molar-refractivity contribution in [2.24, 2.45) is 0 Å². The van der Waals surface area contributed by atoms with Gasteiger partial charge in [-0.2, -0.15) is 0 Å². The highest BCUT2D eigenvalue weighted by Crippen LogP contribution is 2.30. The standard InChI is InChI=1S/C32H29N7O/c1-23-14-15-29-27(17-23)18-28(32(40)34-29)30(31-35-36-37-39(31)22-25-11-6-3-7-12-25)38(20-24-9-4-2-5-10-24)21-26-13-8-16-33-19-26/h2-19,30H,20-22H2,1H3,(H,34,40)/t30-/m0/s1. The van der Waals surface area contributed by atoms with Crippen LogP contribution in [0.2, 0.25) is 0 Å². The van der Waals surface area contributed by atoms with Gasteiger partial charge in [0.15, 0.2) is 5.82 Å². The molecule has 0 amide bonds. The van der Waals surface area contributed by atoms with Gasteiger partial charge in [-0.25, -0.2) is 4.68 Å². The van der Waals surface area contributed by atoms with Crippen LogP contribution in [0.5, 0.6) is 0 Å². The van der Waals surface area contributed by atoms with Crippen LogP contribution in [0.15, 0.2) is 114 Å². The Bertz CT molecular complexity index is 1720. The fraction of sp³-hybridized carbons (Fsp3) is 0.156. The van der Waals surface area contributed by atoms with E-state index in [1.165, 1.54) is 0 Å². The first-order chi connectivity index (χ1) is 19.6. The first-order valence-electron chi connectivity index (χ1n) is 13.2. The molecule has 6 rings (SSSR count). The van der Waals surface area contributed by atoms with E-state index in [1.807, 2.05) is 92.0 Å². The van der Waals surface area contributed by atoms with Crippen molar-refractivity contribution in [3.63, 3.8) is 0 Å². The van der Waals surface area contributed by atoms with Crippen molar-refractivity contribution < 1.29 is 0 Å². The normalized spacial score (nSPS) is 12.2. The van der Waals surface area contributed by atoms with Crippen LogP contribution in [0.1, 0.15) is 39.7 Å². The Morgan fingerprint density at radius 2 is 1.57 bits per heavy atom. The van der Waals surface area contributed by atoms with Crippen LogP contribution < -0.4 is 5.56 Å². The summed E-state index contributed by atoms with van der Waals surface area (Å²) in [7, 11) is 0. The zero-order valence-corrected chi connectivity index (χ0v) is 22.2. The smallest absolute Gasteiger partial charge is 0.253 e. The molecule has 6 aromatic rings. The van der Waals surface area contributed by atoms with Crippen molar-refractivity contribution in [1.29, 1.82) is 0 Å². The number of hydrogen-bond acceptors (Lipinski definition) is 6. The lowest BCUT2D eigenvalue weighted by molar-refractivity contribution is 0.194. The lowest BCUT2D eigenvalue weighted by Crippen LogP contribution is -2.35. The van der Waals surface area contributed by atoms with Gasteiger partial charge in [0.05, 0.1) is 6.54 Å². The molecule has 198 valence electrons. The number of tetrazole rings is 1. The van der Waals surface area contributed by atoms with E-state index in [2.05, 4.69) is 48.6 Å². The van der Waals surface area contributed by atoms with E-state index < -0.39 is 6.04 Å². The van der Waals surface area contributed by atoms with E-state index in [4.69, 9.17) is 0 Å². The van der Waals surface area contributed by atoms with Gasteiger partial charge >= 0.3 is 0 Å². The Hall–Kier alpha value is -4.95. The maximum absolute atomic E-state index is 13.8. The molecule has 3 heterocycles. The predicted molar refractivity (Wildman–Crippen MR) is 154 cm³/mol. The van der Waals surface area contributed by atoms with Crippen LogP contribution in [-0.4, -0.2) is 35.1 Å². The van der Waals surface area contributed by atoms with Gasteiger partial charge in [-0.1, -0.05) is 78.4 Å². The van der Waals surface area contributed by atoms with Gasteiger partial charge in [0.1, 0.15) is 6.04 Å². The summed E-state index contributed by atoms with van der Waals surface area (Å²) < 4.78 is 1.79. The third-order valence-electron chi connectivity index (χ3n) is 7.00. The lowest BCUT2D eigenvalue weighted by atomic mass is 10.0. The molecule has 1 N–H and O–H groups in total. The van der Waals surface area contributed by atoms with Crippen LogP contribution in [-0.2, 0) is 19.6 Å². The number of aryl methyl sites for hydroxylation is 1. The number of H-pyrrole nitrogens is 1. The molecular formula is C32H29N7O. The van der Waals surface area contributed by atoms with Gasteiger partial charge in [0.25, 0.3) is 5.56 Å². The summed E-state index contributed by atoms with van der Waals surface area (Å²) in [5.74, 6) is 0.598. The number of aromatic amines is 1. The maximum atomic E-state index is 13.8. The minimum Gasteiger partial charge on any atom is -0.322 e. The molecule has 0 spiro atoms. The van der Waals surface area contributed by atoms with E-state index >= 15 is 0 Å². The maximum Gasteiger partial charge on any atom is 0.253 e. The second-order valence-electron chi connectivity index (χ2n) is 9.98. The second-order valence-corrected chi connectivity index (χ2v) is 9.98. The molecule has 0 saturated carbocycles. The van der Waals surface area contributed by atoms with E-state index in [9.17, 15) is 4.79 Å². The van der Waals surface area contributed by atoms with Crippen molar-refractivity contribution in [3.8, 4) is 0 Å². The summed E-state index contributed by atoms with van der Waals surface area (Å²) in [5.41, 5.74) is 5.54. The molecule has 0 aliphatic rings. The first-order valence-corrected chi connectivity index (χ1v) is 13.2. The van der Waals surface area contributed by atoms with Gasteiger partial charge in [0.2, 0.25) is 0 Å². The molecule has 0 bridgehead atoms. The summed E-state index contributed by atoms with van der Waals surface area (Å²) in [6, 6.07) is 31.8. The number of benzene rings is 3. The summed E-state index contributed by atoms with van der Waals surface area (Å²) in [5, 5.41) is 13.9. The molecule has 8 heteroatoms. The molecule has 40 heavy (non-hydrogen) atoms. The van der Waals surface area contributed by atoms with E-state index in [1.54, 1.807) is 10.9 Å². The number of pyridine rings is 2. The second kappa shape index (κ2) is 11.4. The van der Waals surface area contributed by atoms with Crippen molar-refractivity contribution in [2.75, 3.05) is 0 Å². The minimum atomic E-state index is -0.534. The van der Waals surface area contributed by atoms with E-state index in [0.717, 1.165) is 33.2 Å². The zero-order valence-electron chi connectivity index (χ0n) is 22.2. The third-order valence-corrected chi connectivity index (χ3v) is 7.00. The van der Waals surface area contributed by atoms with Crippen LogP contribution in [0.25, 0.3) is 10.9 Å². The van der Waals surface area contributed by atoms with Gasteiger partial charge in [-0.05, 0) is 63.7 Å². The van der Waals surface area contributed by atoms with E-state index in [0.29, 0.717) is 31.0 Å². The highest BCUT2D eigenvalue weighted by Gasteiger charge is 2.31. The average Bonchev–Trinajstić information content (AvgIpc) is 3.42. The van der Waals surface area contributed by atoms with Crippen LogP contribution in [0.4, 0.5) is 0 Å². The summed E-state index contributed by atoms with van der Waals surface area (Å²) >= 11 is 0. The number of rotatable bonds is 9. The molecule has 0 fully saturated rings. The molecular weight excluding hydrogens is 498 g/mol. The topological polar surface area (TPSA) is 92.6 Å². The van der Waals surface area contributed by atoms with Crippen molar-refractivity contribution in [1.82, 2.24) is 35.1 Å². The molecule has 0 aliphatic carbocycles. The SMILES string of the molecule is Cc1ccc2[nH]c(=O)c([C@@H](c3nnnn3Cc3ccccc3)N(Cc3ccccc3)Cc3cccnc3)cc2c1. The van der Waals surface area contributed by atoms with Crippen LogP contribution in [0, 0.1) is 6.92 Å². The molecule has 0 aliphatic heterocycles. The molecule has 0 saturated heterocycles. The summed E-state index contributed by atoms with van der Waals surface area (Å²) in [4.78, 5) is 23.5. The first kappa shape index (κ1) is 25.3. The average molecular weight is 528 g/mol. The van der Waals surface area contributed by atoms with Crippen molar-refractivity contribution in [3.05, 3.63) is 153 Å². The molecule has 8 nitrogen and oxygen atoms in total. The number of nitrogens with one attached hydrogen (secondary N) is 1. The largest absolute Gasteiger partial charge is 0.322 e. The molecule has 3 aromatic carbocycles. The zero-order chi connectivity index (χ0) is 27.3. The minimum absolute atomic E-state index is 0.167. The summed E-state index contributed by atoms with van der Waals surface area (Å²) in [6.45, 7) is 3.64. The van der Waals surface area contributed by atoms with Gasteiger partial charge in [-0.3, -0.25) is 14.7 Å². The van der Waals surface area contributed by atoms with Gasteiger partial charge in [0, 0.05) is 36.6 Å². The molecule has 0 radical (unpaired) electrons. The monoisotopic (exact) mass is 527 g/mol. The van der Waals surface area contributed by atoms with Crippen LogP contribution in [0.3, 0.4) is 0 Å². The number of aromatic nitrogens is 6. The third kappa shape index (κ3) is 5.57. The number of fused-ring (bicyclic) bond motifs is 1. The van der Waals surface area contributed by atoms with Gasteiger partial charge < -0.3 is 4.98 Å². The highest BCUT2D eigenvalue weighted by atomic mass is 16.1. The molecule has 1 atom stereocenters. The predicted octanol–water partition coefficient (Wildman–Crippen LogP) is 5.06. The Kier molecular flexibility index (Phi) is 7.24. The fourth-order valence-electron chi connectivity index (χ4n) is 5.10. The van der Waals surface area contributed by atoms with E-state index in [-0.39, 0.29) is 5.56 Å². The molecule has 3 aromatic heterocycles. The quantitative estimate of drug-likeness (QED) is 0.283.